The third kappa shape index (κ3) is 4.21. The number of halogens is 3. The number of carbonyl (C=O) groups excluding carboxylic acids is 1. The van der Waals surface area contributed by atoms with Crippen molar-refractivity contribution < 1.29 is 19.4 Å². The molecule has 21 heavy (non-hydrogen) atoms. The first-order valence-electron chi connectivity index (χ1n) is 6.19. The van der Waals surface area contributed by atoms with Gasteiger partial charge in [0.05, 0.1) is 16.7 Å². The average molecular weight is 444 g/mol. The van der Waals surface area contributed by atoms with E-state index in [0.29, 0.717) is 32.0 Å². The number of nitrogens with one attached hydrogen (secondary N) is 1. The first-order chi connectivity index (χ1) is 9.88. The Hall–Kier alpha value is -0.570. The van der Waals surface area contributed by atoms with E-state index in [1.54, 1.807) is 12.1 Å². The number of ether oxygens (including phenoxy) is 1. The molecule has 2 rings (SSSR count). The Labute approximate surface area is 145 Å². The number of benzene rings is 1. The zero-order valence-corrected chi connectivity index (χ0v) is 14.4. The molecule has 0 bridgehead atoms. The lowest BCUT2D eigenvalue weighted by atomic mass is 10.2. The molecule has 1 saturated heterocycles. The van der Waals surface area contributed by atoms with Gasteiger partial charge in [0.25, 0.3) is 5.91 Å². The van der Waals surface area contributed by atoms with Gasteiger partial charge in [-0.1, -0.05) is 23.2 Å². The van der Waals surface area contributed by atoms with Crippen LogP contribution in [0.3, 0.4) is 0 Å². The van der Waals surface area contributed by atoms with E-state index in [-0.39, 0.29) is 18.6 Å². The van der Waals surface area contributed by atoms with Gasteiger partial charge in [0.1, 0.15) is 0 Å². The Morgan fingerprint density at radius 2 is 2.10 bits per heavy atom. The highest BCUT2D eigenvalue weighted by Gasteiger charge is 2.30. The van der Waals surface area contributed by atoms with E-state index >= 15 is 0 Å². The number of aliphatic carboxylic acids is 1. The van der Waals surface area contributed by atoms with Crippen molar-refractivity contribution >= 4 is 57.7 Å². The van der Waals surface area contributed by atoms with Crippen LogP contribution in [-0.4, -0.2) is 35.7 Å². The van der Waals surface area contributed by atoms with Crippen LogP contribution in [0.1, 0.15) is 23.2 Å². The lowest BCUT2D eigenvalue weighted by Crippen LogP contribution is -2.33. The number of hydrogen-bond donors (Lipinski definition) is 2. The van der Waals surface area contributed by atoms with Crippen molar-refractivity contribution in [2.75, 3.05) is 6.54 Å². The van der Waals surface area contributed by atoms with Crippen LogP contribution in [0.15, 0.2) is 12.1 Å². The first kappa shape index (κ1) is 16.8. The molecule has 5 nitrogen and oxygen atoms in total. The number of amides is 1. The maximum Gasteiger partial charge on any atom is 0.332 e. The van der Waals surface area contributed by atoms with E-state index in [2.05, 4.69) is 5.32 Å². The molecule has 0 aromatic heterocycles. The molecule has 2 N–H and O–H groups in total. The van der Waals surface area contributed by atoms with Crippen molar-refractivity contribution in [2.45, 2.75) is 25.0 Å². The lowest BCUT2D eigenvalue weighted by Gasteiger charge is -2.13. The summed E-state index contributed by atoms with van der Waals surface area (Å²) in [6.45, 7) is 0.253. The molecule has 1 aromatic rings. The van der Waals surface area contributed by atoms with Crippen molar-refractivity contribution in [2.24, 2.45) is 0 Å². The fraction of sp³-hybridized carbons (Fsp3) is 0.385. The second-order valence-electron chi connectivity index (χ2n) is 4.62. The second-order valence-corrected chi connectivity index (χ2v) is 6.54. The lowest BCUT2D eigenvalue weighted by molar-refractivity contribution is -0.149. The summed E-state index contributed by atoms with van der Waals surface area (Å²) in [7, 11) is 0. The topological polar surface area (TPSA) is 75.6 Å². The van der Waals surface area contributed by atoms with E-state index < -0.39 is 12.1 Å². The highest BCUT2D eigenvalue weighted by molar-refractivity contribution is 14.1. The van der Waals surface area contributed by atoms with Gasteiger partial charge >= 0.3 is 5.97 Å². The summed E-state index contributed by atoms with van der Waals surface area (Å²) in [5.41, 5.74) is 0.390. The number of rotatable bonds is 4. The summed E-state index contributed by atoms with van der Waals surface area (Å²) in [5, 5.41) is 12.4. The molecule has 1 fully saturated rings. The number of carbonyl (C=O) groups is 2. The minimum atomic E-state index is -0.972. The van der Waals surface area contributed by atoms with Crippen LogP contribution < -0.4 is 5.32 Å². The van der Waals surface area contributed by atoms with Gasteiger partial charge in [-0.15, -0.1) is 0 Å². The fourth-order valence-corrected chi connectivity index (χ4v) is 3.11. The van der Waals surface area contributed by atoms with E-state index in [1.807, 2.05) is 22.6 Å². The smallest absolute Gasteiger partial charge is 0.332 e. The van der Waals surface area contributed by atoms with Gasteiger partial charge in [0.2, 0.25) is 0 Å². The largest absolute Gasteiger partial charge is 0.479 e. The number of carboxylic acids is 1. The molecule has 0 saturated carbocycles. The van der Waals surface area contributed by atoms with Crippen molar-refractivity contribution in [3.8, 4) is 0 Å². The van der Waals surface area contributed by atoms with Gasteiger partial charge in [-0.25, -0.2) is 4.79 Å². The molecule has 1 aliphatic heterocycles. The molecule has 1 heterocycles. The predicted molar refractivity (Wildman–Crippen MR) is 87.0 cm³/mol. The van der Waals surface area contributed by atoms with Crippen molar-refractivity contribution in [3.63, 3.8) is 0 Å². The summed E-state index contributed by atoms with van der Waals surface area (Å²) < 4.78 is 5.94. The maximum atomic E-state index is 12.1. The van der Waals surface area contributed by atoms with Crippen LogP contribution in [0.4, 0.5) is 0 Å². The van der Waals surface area contributed by atoms with Crippen molar-refractivity contribution in [3.05, 3.63) is 31.3 Å². The Balaban J connectivity index is 1.96. The molecule has 2 atom stereocenters. The van der Waals surface area contributed by atoms with Crippen LogP contribution >= 0.6 is 45.8 Å². The van der Waals surface area contributed by atoms with Crippen LogP contribution in [0, 0.1) is 3.57 Å². The van der Waals surface area contributed by atoms with Crippen LogP contribution in [0.25, 0.3) is 0 Å². The summed E-state index contributed by atoms with van der Waals surface area (Å²) in [6.07, 6.45) is -0.0175. The van der Waals surface area contributed by atoms with Gasteiger partial charge in [-0.05, 0) is 47.6 Å². The van der Waals surface area contributed by atoms with Crippen LogP contribution in [-0.2, 0) is 9.53 Å². The molecule has 114 valence electrons. The Kier molecular flexibility index (Phi) is 5.70. The van der Waals surface area contributed by atoms with Crippen LogP contribution in [0.2, 0.25) is 10.0 Å². The Morgan fingerprint density at radius 1 is 1.38 bits per heavy atom. The monoisotopic (exact) mass is 443 g/mol. The minimum Gasteiger partial charge on any atom is -0.479 e. The third-order valence-corrected chi connectivity index (χ3v) is 5.11. The number of hydrogen-bond acceptors (Lipinski definition) is 3. The molecule has 0 radical (unpaired) electrons. The van der Waals surface area contributed by atoms with E-state index in [4.69, 9.17) is 33.0 Å². The van der Waals surface area contributed by atoms with Gasteiger partial charge < -0.3 is 15.2 Å². The quantitative estimate of drug-likeness (QED) is 0.554. The van der Waals surface area contributed by atoms with E-state index in [0.717, 1.165) is 0 Å². The molecular formula is C13H12Cl2INO4. The molecule has 0 spiro atoms. The van der Waals surface area contributed by atoms with Gasteiger partial charge in [-0.2, -0.15) is 0 Å². The molecule has 8 heteroatoms. The average Bonchev–Trinajstić information content (AvgIpc) is 2.89. The van der Waals surface area contributed by atoms with Crippen molar-refractivity contribution in [1.82, 2.24) is 5.32 Å². The first-order valence-corrected chi connectivity index (χ1v) is 8.03. The minimum absolute atomic E-state index is 0.253. The summed E-state index contributed by atoms with van der Waals surface area (Å²) in [5.74, 6) is -1.29. The molecule has 0 aliphatic carbocycles. The summed E-state index contributed by atoms with van der Waals surface area (Å²) >= 11 is 13.8. The van der Waals surface area contributed by atoms with Gasteiger partial charge in [0, 0.05) is 15.1 Å². The zero-order valence-electron chi connectivity index (χ0n) is 10.7. The maximum absolute atomic E-state index is 12.1. The third-order valence-electron chi connectivity index (χ3n) is 3.11. The predicted octanol–water partition coefficient (Wildman–Crippen LogP) is 2.96. The SMILES string of the molecule is O=C(NCC1CCC(C(=O)O)O1)c1cc(Cl)cc(Cl)c1I. The second kappa shape index (κ2) is 7.13. The van der Waals surface area contributed by atoms with Gasteiger partial charge in [-0.3, -0.25) is 4.79 Å². The number of carboxylic acid groups (broad SMARTS) is 1. The van der Waals surface area contributed by atoms with Crippen LogP contribution in [0.5, 0.6) is 0 Å². The molecule has 1 aliphatic rings. The highest BCUT2D eigenvalue weighted by atomic mass is 127. The van der Waals surface area contributed by atoms with Gasteiger partial charge in [0.15, 0.2) is 6.10 Å². The fourth-order valence-electron chi connectivity index (χ4n) is 2.06. The molecule has 1 aromatic carbocycles. The Bertz CT molecular complexity index is 582. The standard InChI is InChI=1S/C13H12Cl2INO4/c14-6-3-8(11(16)9(15)4-6)12(18)17-5-7-1-2-10(21-7)13(19)20/h3-4,7,10H,1-2,5H2,(H,17,18)(H,19,20). The summed E-state index contributed by atoms with van der Waals surface area (Å²) in [6, 6.07) is 3.11. The molecular weight excluding hydrogens is 432 g/mol. The molecule has 2 unspecified atom stereocenters. The van der Waals surface area contributed by atoms with Crippen molar-refractivity contribution in [1.29, 1.82) is 0 Å². The zero-order chi connectivity index (χ0) is 15.6. The van der Waals surface area contributed by atoms with E-state index in [9.17, 15) is 9.59 Å². The Morgan fingerprint density at radius 3 is 2.71 bits per heavy atom. The summed E-state index contributed by atoms with van der Waals surface area (Å²) in [4.78, 5) is 22.9. The van der Waals surface area contributed by atoms with E-state index in [1.165, 1.54) is 0 Å². The molecule has 1 amide bonds. The normalized spacial score (nSPS) is 21.3. The highest BCUT2D eigenvalue weighted by Crippen LogP contribution is 2.27.